The van der Waals surface area contributed by atoms with Gasteiger partial charge in [0.2, 0.25) is 0 Å². The van der Waals surface area contributed by atoms with Gasteiger partial charge in [0.25, 0.3) is 6.43 Å². The molecule has 0 aromatic heterocycles. The van der Waals surface area contributed by atoms with Crippen LogP contribution < -0.4 is 10.5 Å². The number of nitrogens with two attached hydrogens (primary N) is 1. The summed E-state index contributed by atoms with van der Waals surface area (Å²) in [5, 5.41) is 0.339. The van der Waals surface area contributed by atoms with E-state index in [1.165, 1.54) is 0 Å². The van der Waals surface area contributed by atoms with Gasteiger partial charge >= 0.3 is 0 Å². The van der Waals surface area contributed by atoms with Crippen molar-refractivity contribution < 1.29 is 13.5 Å². The molecule has 0 aliphatic rings. The van der Waals surface area contributed by atoms with E-state index in [2.05, 4.69) is 0 Å². The molecular formula is C12H16ClF2NO. The van der Waals surface area contributed by atoms with Crippen molar-refractivity contribution in [2.75, 3.05) is 6.61 Å². The van der Waals surface area contributed by atoms with Gasteiger partial charge in [-0.1, -0.05) is 30.7 Å². The first-order chi connectivity index (χ1) is 8.04. The summed E-state index contributed by atoms with van der Waals surface area (Å²) in [4.78, 5) is 0. The summed E-state index contributed by atoms with van der Waals surface area (Å²) in [6.45, 7) is 1.31. The number of benzene rings is 1. The Bertz CT molecular complexity index is 360. The van der Waals surface area contributed by atoms with E-state index in [1.54, 1.807) is 18.2 Å². The second kappa shape index (κ2) is 6.77. The highest BCUT2D eigenvalue weighted by Crippen LogP contribution is 2.30. The second-order valence-electron chi connectivity index (χ2n) is 3.80. The maximum atomic E-state index is 12.1. The maximum Gasteiger partial charge on any atom is 0.272 e. The Morgan fingerprint density at radius 1 is 1.41 bits per heavy atom. The molecule has 0 aliphatic heterocycles. The van der Waals surface area contributed by atoms with Gasteiger partial charge in [0.05, 0.1) is 5.02 Å². The van der Waals surface area contributed by atoms with Gasteiger partial charge in [-0.3, -0.25) is 0 Å². The number of alkyl halides is 2. The molecule has 5 heteroatoms. The van der Waals surface area contributed by atoms with E-state index in [1.807, 2.05) is 6.92 Å². The number of rotatable bonds is 6. The predicted octanol–water partition coefficient (Wildman–Crippen LogP) is 3.26. The molecule has 2 nitrogen and oxygen atoms in total. The second-order valence-corrected chi connectivity index (χ2v) is 4.21. The molecule has 1 aromatic carbocycles. The molecule has 0 spiro atoms. The van der Waals surface area contributed by atoms with Crippen LogP contribution in [0.5, 0.6) is 5.75 Å². The van der Waals surface area contributed by atoms with Crippen LogP contribution >= 0.6 is 11.6 Å². The van der Waals surface area contributed by atoms with Gasteiger partial charge in [0.15, 0.2) is 0 Å². The summed E-state index contributed by atoms with van der Waals surface area (Å²) in [7, 11) is 0. The molecule has 17 heavy (non-hydrogen) atoms. The van der Waals surface area contributed by atoms with Gasteiger partial charge in [-0.25, -0.2) is 8.78 Å². The minimum absolute atomic E-state index is 0.0256. The molecule has 0 saturated carbocycles. The topological polar surface area (TPSA) is 35.2 Å². The predicted molar refractivity (Wildman–Crippen MR) is 64.9 cm³/mol. The van der Waals surface area contributed by atoms with E-state index < -0.39 is 13.0 Å². The largest absolute Gasteiger partial charge is 0.486 e. The maximum absolute atomic E-state index is 12.1. The first-order valence-corrected chi connectivity index (χ1v) is 5.86. The average Bonchev–Trinajstić information content (AvgIpc) is 2.27. The zero-order valence-corrected chi connectivity index (χ0v) is 10.4. The molecule has 0 aliphatic carbocycles. The Balaban J connectivity index is 2.84. The van der Waals surface area contributed by atoms with Crippen LogP contribution in [0.4, 0.5) is 8.78 Å². The number of hydrogen-bond donors (Lipinski definition) is 1. The van der Waals surface area contributed by atoms with Crippen LogP contribution in [-0.4, -0.2) is 19.1 Å². The Morgan fingerprint density at radius 2 is 2.12 bits per heavy atom. The lowest BCUT2D eigenvalue weighted by molar-refractivity contribution is 0.0814. The molecule has 0 heterocycles. The third-order valence-electron chi connectivity index (χ3n) is 2.41. The lowest BCUT2D eigenvalue weighted by atomic mass is 10.0. The molecule has 1 aromatic rings. The zero-order valence-electron chi connectivity index (χ0n) is 9.63. The van der Waals surface area contributed by atoms with E-state index in [-0.39, 0.29) is 6.04 Å². The molecule has 0 saturated heterocycles. The fourth-order valence-corrected chi connectivity index (χ4v) is 1.70. The molecule has 1 unspecified atom stereocenters. The fraction of sp³-hybridized carbons (Fsp3) is 0.500. The van der Waals surface area contributed by atoms with Crippen LogP contribution in [-0.2, 0) is 6.42 Å². The summed E-state index contributed by atoms with van der Waals surface area (Å²) in [5.74, 6) is 0.318. The van der Waals surface area contributed by atoms with Gasteiger partial charge in [-0.05, 0) is 24.5 Å². The first-order valence-electron chi connectivity index (χ1n) is 5.48. The van der Waals surface area contributed by atoms with Crippen molar-refractivity contribution in [2.45, 2.75) is 32.2 Å². The van der Waals surface area contributed by atoms with Crippen LogP contribution in [0.2, 0.25) is 5.02 Å². The number of halogens is 3. The highest BCUT2D eigenvalue weighted by molar-refractivity contribution is 6.32. The fourth-order valence-electron chi connectivity index (χ4n) is 1.45. The zero-order chi connectivity index (χ0) is 12.8. The Kier molecular flexibility index (Phi) is 5.65. The van der Waals surface area contributed by atoms with Gasteiger partial charge in [-0.2, -0.15) is 0 Å². The van der Waals surface area contributed by atoms with Crippen molar-refractivity contribution in [1.29, 1.82) is 0 Å². The minimum atomic E-state index is -2.51. The summed E-state index contributed by atoms with van der Waals surface area (Å²) >= 11 is 5.93. The third kappa shape index (κ3) is 4.48. The van der Waals surface area contributed by atoms with Crippen LogP contribution in [0.1, 0.15) is 18.9 Å². The SMILES string of the molecule is CCC(N)Cc1cccc(Cl)c1OCC(F)F. The van der Waals surface area contributed by atoms with E-state index in [9.17, 15) is 8.78 Å². The Labute approximate surface area is 105 Å². The van der Waals surface area contributed by atoms with E-state index in [0.717, 1.165) is 12.0 Å². The van der Waals surface area contributed by atoms with Crippen molar-refractivity contribution in [3.8, 4) is 5.75 Å². The first kappa shape index (κ1) is 14.2. The van der Waals surface area contributed by atoms with Crippen molar-refractivity contribution in [2.24, 2.45) is 5.73 Å². The minimum Gasteiger partial charge on any atom is -0.486 e. The van der Waals surface area contributed by atoms with Crippen molar-refractivity contribution in [3.63, 3.8) is 0 Å². The average molecular weight is 264 g/mol. The van der Waals surface area contributed by atoms with Crippen LogP contribution in [0.25, 0.3) is 0 Å². The Morgan fingerprint density at radius 3 is 2.71 bits per heavy atom. The molecule has 2 N–H and O–H groups in total. The number of hydrogen-bond acceptors (Lipinski definition) is 2. The summed E-state index contributed by atoms with van der Waals surface area (Å²) < 4.78 is 29.3. The molecular weight excluding hydrogens is 248 g/mol. The molecule has 1 rings (SSSR count). The number of para-hydroxylation sites is 1. The third-order valence-corrected chi connectivity index (χ3v) is 2.71. The van der Waals surface area contributed by atoms with E-state index in [0.29, 0.717) is 17.2 Å². The Hall–Kier alpha value is -0.870. The molecule has 96 valence electrons. The van der Waals surface area contributed by atoms with Gasteiger partial charge in [0.1, 0.15) is 12.4 Å². The highest BCUT2D eigenvalue weighted by atomic mass is 35.5. The van der Waals surface area contributed by atoms with E-state index >= 15 is 0 Å². The van der Waals surface area contributed by atoms with Crippen LogP contribution in [0.15, 0.2) is 18.2 Å². The van der Waals surface area contributed by atoms with Crippen LogP contribution in [0.3, 0.4) is 0 Å². The van der Waals surface area contributed by atoms with Gasteiger partial charge in [-0.15, -0.1) is 0 Å². The van der Waals surface area contributed by atoms with Crippen molar-refractivity contribution in [3.05, 3.63) is 28.8 Å². The van der Waals surface area contributed by atoms with E-state index in [4.69, 9.17) is 22.1 Å². The standard InChI is InChI=1S/C12H16ClF2NO/c1-2-9(16)6-8-4-3-5-10(13)12(8)17-7-11(14)15/h3-5,9,11H,2,6-7,16H2,1H3. The summed E-state index contributed by atoms with van der Waals surface area (Å²) in [6.07, 6.45) is -1.14. The summed E-state index contributed by atoms with van der Waals surface area (Å²) in [5.41, 5.74) is 6.60. The highest BCUT2D eigenvalue weighted by Gasteiger charge is 2.13. The lowest BCUT2D eigenvalue weighted by Gasteiger charge is -2.15. The van der Waals surface area contributed by atoms with Crippen molar-refractivity contribution in [1.82, 2.24) is 0 Å². The normalized spacial score (nSPS) is 12.8. The monoisotopic (exact) mass is 263 g/mol. The molecule has 0 fully saturated rings. The quantitative estimate of drug-likeness (QED) is 0.855. The van der Waals surface area contributed by atoms with Crippen molar-refractivity contribution >= 4 is 11.6 Å². The smallest absolute Gasteiger partial charge is 0.272 e. The molecule has 0 bridgehead atoms. The molecule has 1 atom stereocenters. The molecule has 0 amide bonds. The lowest BCUT2D eigenvalue weighted by Crippen LogP contribution is -2.22. The number of ether oxygens (including phenoxy) is 1. The summed E-state index contributed by atoms with van der Waals surface area (Å²) in [6, 6.07) is 5.14. The van der Waals surface area contributed by atoms with Gasteiger partial charge in [0, 0.05) is 6.04 Å². The molecule has 0 radical (unpaired) electrons. The van der Waals surface area contributed by atoms with Gasteiger partial charge < -0.3 is 10.5 Å². The van der Waals surface area contributed by atoms with Crippen LogP contribution in [0, 0.1) is 0 Å².